The molecule has 0 saturated heterocycles. The highest BCUT2D eigenvalue weighted by Gasteiger charge is 2.34. The molecule has 5 nitrogen and oxygen atoms in total. The lowest BCUT2D eigenvalue weighted by atomic mass is 9.82. The van der Waals surface area contributed by atoms with Gasteiger partial charge in [-0.2, -0.15) is 5.10 Å². The number of hydrazine groups is 1. The Labute approximate surface area is 135 Å². The summed E-state index contributed by atoms with van der Waals surface area (Å²) in [7, 11) is 0. The zero-order chi connectivity index (χ0) is 15.2. The van der Waals surface area contributed by atoms with Gasteiger partial charge >= 0.3 is 0 Å². The Kier molecular flexibility index (Phi) is 6.67. The van der Waals surface area contributed by atoms with E-state index in [0.717, 1.165) is 16.7 Å². The third kappa shape index (κ3) is 3.86. The zero-order valence-corrected chi connectivity index (χ0v) is 14.6. The van der Waals surface area contributed by atoms with Crippen LogP contribution in [0.15, 0.2) is 10.7 Å². The van der Waals surface area contributed by atoms with Crippen molar-refractivity contribution < 1.29 is 4.74 Å². The van der Waals surface area contributed by atoms with Crippen LogP contribution >= 0.6 is 15.9 Å². The molecule has 2 atom stereocenters. The Morgan fingerprint density at radius 3 is 2.71 bits per heavy atom. The second kappa shape index (κ2) is 8.27. The van der Waals surface area contributed by atoms with Crippen molar-refractivity contribution in [1.82, 2.24) is 15.2 Å². The Bertz CT molecular complexity index is 431. The third-order valence-corrected chi connectivity index (χ3v) is 5.02. The van der Waals surface area contributed by atoms with E-state index in [2.05, 4.69) is 40.3 Å². The summed E-state index contributed by atoms with van der Waals surface area (Å²) in [5.74, 6) is 6.46. The van der Waals surface area contributed by atoms with Crippen LogP contribution in [0.3, 0.4) is 0 Å². The average Bonchev–Trinajstić information content (AvgIpc) is 2.89. The number of aryl methyl sites for hydroxylation is 1. The van der Waals surface area contributed by atoms with Crippen molar-refractivity contribution >= 4 is 15.9 Å². The first kappa shape index (κ1) is 16.9. The third-order valence-electron chi connectivity index (χ3n) is 4.41. The topological polar surface area (TPSA) is 65.1 Å². The number of nitrogens with zero attached hydrogens (tertiary/aromatic N) is 2. The molecule has 1 aliphatic rings. The summed E-state index contributed by atoms with van der Waals surface area (Å²) in [5.41, 5.74) is 4.07. The van der Waals surface area contributed by atoms with Gasteiger partial charge in [0.05, 0.1) is 28.5 Å². The first-order valence-corrected chi connectivity index (χ1v) is 8.81. The fourth-order valence-electron chi connectivity index (χ4n) is 3.42. The maximum Gasteiger partial charge on any atom is 0.0904 e. The molecular formula is C15H27BrN4O. The van der Waals surface area contributed by atoms with Crippen LogP contribution in [0, 0.1) is 5.92 Å². The number of nitrogens with one attached hydrogen (secondary N) is 1. The van der Waals surface area contributed by atoms with Crippen molar-refractivity contribution in [3.63, 3.8) is 0 Å². The largest absolute Gasteiger partial charge is 0.376 e. The van der Waals surface area contributed by atoms with Crippen LogP contribution in [-0.2, 0) is 11.3 Å². The predicted octanol–water partition coefficient (Wildman–Crippen LogP) is 3.16. The van der Waals surface area contributed by atoms with E-state index in [1.807, 2.05) is 10.9 Å². The minimum absolute atomic E-state index is 0.0372. The lowest BCUT2D eigenvalue weighted by Crippen LogP contribution is -2.43. The molecule has 120 valence electrons. The minimum Gasteiger partial charge on any atom is -0.376 e. The van der Waals surface area contributed by atoms with Gasteiger partial charge in [-0.1, -0.05) is 19.3 Å². The highest BCUT2D eigenvalue weighted by atomic mass is 79.9. The second-order valence-electron chi connectivity index (χ2n) is 5.66. The van der Waals surface area contributed by atoms with Crippen LogP contribution in [0.1, 0.15) is 57.7 Å². The number of aromatic nitrogens is 2. The zero-order valence-electron chi connectivity index (χ0n) is 13.0. The molecule has 0 spiro atoms. The molecule has 6 heteroatoms. The van der Waals surface area contributed by atoms with Crippen molar-refractivity contribution in [1.29, 1.82) is 0 Å². The Morgan fingerprint density at radius 1 is 1.43 bits per heavy atom. The van der Waals surface area contributed by atoms with E-state index in [9.17, 15) is 0 Å². The Balaban J connectivity index is 2.27. The standard InChI is InChI=1S/C15H27BrN4O/c1-3-20-14(12(16)10-18-20)13(19-17)15(21-4-2)11-8-6-5-7-9-11/h10-11,13,15,19H,3-9,17H2,1-2H3. The molecule has 1 aromatic rings. The van der Waals surface area contributed by atoms with Gasteiger partial charge < -0.3 is 4.74 Å². The van der Waals surface area contributed by atoms with Gasteiger partial charge in [-0.3, -0.25) is 10.5 Å². The van der Waals surface area contributed by atoms with Gasteiger partial charge in [0.15, 0.2) is 0 Å². The summed E-state index contributed by atoms with van der Waals surface area (Å²) in [6.07, 6.45) is 8.30. The maximum absolute atomic E-state index is 6.11. The molecule has 1 saturated carbocycles. The molecule has 0 amide bonds. The molecule has 21 heavy (non-hydrogen) atoms. The number of hydrogen-bond acceptors (Lipinski definition) is 4. The van der Waals surface area contributed by atoms with Crippen LogP contribution < -0.4 is 11.3 Å². The lowest BCUT2D eigenvalue weighted by Gasteiger charge is -2.35. The van der Waals surface area contributed by atoms with E-state index >= 15 is 0 Å². The van der Waals surface area contributed by atoms with Crippen molar-refractivity contribution in [2.24, 2.45) is 11.8 Å². The Morgan fingerprint density at radius 2 is 2.14 bits per heavy atom. The minimum atomic E-state index is -0.0372. The molecule has 3 N–H and O–H groups in total. The molecule has 0 radical (unpaired) electrons. The molecule has 0 bridgehead atoms. The summed E-state index contributed by atoms with van der Waals surface area (Å²) >= 11 is 3.61. The van der Waals surface area contributed by atoms with Gasteiger partial charge in [-0.05, 0) is 48.5 Å². The van der Waals surface area contributed by atoms with Gasteiger partial charge in [0.25, 0.3) is 0 Å². The molecule has 2 rings (SSSR count). The van der Waals surface area contributed by atoms with Crippen LogP contribution in [-0.4, -0.2) is 22.5 Å². The van der Waals surface area contributed by atoms with Crippen LogP contribution in [0.5, 0.6) is 0 Å². The van der Waals surface area contributed by atoms with Gasteiger partial charge in [0.1, 0.15) is 0 Å². The molecule has 2 unspecified atom stereocenters. The van der Waals surface area contributed by atoms with Crippen LogP contribution in [0.25, 0.3) is 0 Å². The van der Waals surface area contributed by atoms with Gasteiger partial charge in [0.2, 0.25) is 0 Å². The van der Waals surface area contributed by atoms with Crippen LogP contribution in [0.2, 0.25) is 0 Å². The molecule has 1 aliphatic carbocycles. The lowest BCUT2D eigenvalue weighted by molar-refractivity contribution is -0.0204. The van der Waals surface area contributed by atoms with Crippen LogP contribution in [0.4, 0.5) is 0 Å². The SMILES string of the molecule is CCOC(C1CCCCC1)C(NN)c1c(Br)cnn1CC. The fraction of sp³-hybridized carbons (Fsp3) is 0.800. The Hall–Kier alpha value is -0.430. The quantitative estimate of drug-likeness (QED) is 0.580. The number of hydrogen-bond donors (Lipinski definition) is 2. The fourth-order valence-corrected chi connectivity index (χ4v) is 3.96. The predicted molar refractivity (Wildman–Crippen MR) is 87.7 cm³/mol. The summed E-state index contributed by atoms with van der Waals surface area (Å²) in [5, 5.41) is 4.41. The normalized spacial score (nSPS) is 19.6. The monoisotopic (exact) mass is 358 g/mol. The van der Waals surface area contributed by atoms with E-state index < -0.39 is 0 Å². The second-order valence-corrected chi connectivity index (χ2v) is 6.51. The molecule has 1 fully saturated rings. The number of nitrogens with two attached hydrogens (primary N) is 1. The highest BCUT2D eigenvalue weighted by Crippen LogP contribution is 2.36. The van der Waals surface area contributed by atoms with Crippen molar-refractivity contribution in [3.05, 3.63) is 16.4 Å². The number of ether oxygens (including phenoxy) is 1. The summed E-state index contributed by atoms with van der Waals surface area (Å²) < 4.78 is 9.09. The van der Waals surface area contributed by atoms with Crippen molar-refractivity contribution in [3.8, 4) is 0 Å². The highest BCUT2D eigenvalue weighted by molar-refractivity contribution is 9.10. The van der Waals surface area contributed by atoms with Gasteiger partial charge in [-0.15, -0.1) is 0 Å². The molecule has 1 aromatic heterocycles. The number of halogens is 1. The summed E-state index contributed by atoms with van der Waals surface area (Å²) in [6.45, 7) is 5.67. The van der Waals surface area contributed by atoms with E-state index in [0.29, 0.717) is 12.5 Å². The maximum atomic E-state index is 6.11. The van der Waals surface area contributed by atoms with E-state index in [1.54, 1.807) is 0 Å². The van der Waals surface area contributed by atoms with E-state index in [1.165, 1.54) is 32.1 Å². The van der Waals surface area contributed by atoms with Gasteiger partial charge in [-0.25, -0.2) is 5.43 Å². The van der Waals surface area contributed by atoms with Gasteiger partial charge in [0, 0.05) is 13.2 Å². The summed E-state index contributed by atoms with van der Waals surface area (Å²) in [4.78, 5) is 0. The van der Waals surface area contributed by atoms with E-state index in [-0.39, 0.29) is 12.1 Å². The molecule has 0 aliphatic heterocycles. The van der Waals surface area contributed by atoms with Crippen molar-refractivity contribution in [2.75, 3.05) is 6.61 Å². The first-order chi connectivity index (χ1) is 10.2. The first-order valence-electron chi connectivity index (χ1n) is 8.01. The average molecular weight is 359 g/mol. The smallest absolute Gasteiger partial charge is 0.0904 e. The molecular weight excluding hydrogens is 332 g/mol. The number of rotatable bonds is 7. The molecule has 0 aromatic carbocycles. The van der Waals surface area contributed by atoms with Crippen molar-refractivity contribution in [2.45, 2.75) is 64.6 Å². The molecule has 1 heterocycles. The summed E-state index contributed by atoms with van der Waals surface area (Å²) in [6, 6.07) is -0.0372. The van der Waals surface area contributed by atoms with E-state index in [4.69, 9.17) is 10.6 Å².